The first kappa shape index (κ1) is 28.8. The number of methoxy groups -OCH3 is 1. The van der Waals surface area contributed by atoms with Crippen LogP contribution in [0, 0.1) is 5.92 Å². The highest BCUT2D eigenvalue weighted by molar-refractivity contribution is 7.48. The van der Waals surface area contributed by atoms with Crippen LogP contribution < -0.4 is 5.73 Å². The number of aliphatic hydroxyl groups excluding tert-OH is 1. The number of hydrogen-bond donors (Lipinski definition) is 2. The second-order valence-corrected chi connectivity index (χ2v) is 10.6. The number of ether oxygens (including phenoxy) is 1. The molecule has 0 radical (unpaired) electrons. The van der Waals surface area contributed by atoms with E-state index in [1.54, 1.807) is 24.3 Å². The summed E-state index contributed by atoms with van der Waals surface area (Å²) in [5.41, 5.74) is 7.92. The van der Waals surface area contributed by atoms with E-state index in [1.165, 1.54) is 31.3 Å². The third-order valence-electron chi connectivity index (χ3n) is 6.02. The van der Waals surface area contributed by atoms with Crippen molar-refractivity contribution in [2.45, 2.75) is 38.6 Å². The molecule has 3 N–H and O–H groups in total. The Morgan fingerprint density at radius 2 is 1.56 bits per heavy atom. The zero-order valence-electron chi connectivity index (χ0n) is 21.5. The van der Waals surface area contributed by atoms with Crippen LogP contribution in [0.1, 0.15) is 24.3 Å². The fraction of sp³-hybridized carbons (Fsp3) is 0.346. The topological polar surface area (TPSA) is 144 Å². The number of aliphatic hydroxyl groups is 1. The first-order valence-corrected chi connectivity index (χ1v) is 13.7. The van der Waals surface area contributed by atoms with Crippen molar-refractivity contribution in [1.82, 2.24) is 19.5 Å². The number of nitrogen functional groups attached to an aromatic ring is 1. The Morgan fingerprint density at radius 1 is 0.974 bits per heavy atom. The van der Waals surface area contributed by atoms with E-state index in [9.17, 15) is 9.67 Å². The predicted octanol–water partition coefficient (Wildman–Crippen LogP) is 4.45. The summed E-state index contributed by atoms with van der Waals surface area (Å²) in [6, 6.07) is 18.2. The minimum Gasteiger partial charge on any atom is -0.385 e. The normalized spacial score (nSPS) is 15.2. The van der Waals surface area contributed by atoms with Crippen molar-refractivity contribution in [2.75, 3.05) is 19.5 Å². The van der Waals surface area contributed by atoms with Gasteiger partial charge in [0.1, 0.15) is 24.1 Å². The number of alkyl halides is 1. The highest BCUT2D eigenvalue weighted by Crippen LogP contribution is 2.51. The quantitative estimate of drug-likeness (QED) is 0.213. The van der Waals surface area contributed by atoms with Gasteiger partial charge in [-0.15, -0.1) is 0 Å². The molecule has 2 aromatic heterocycles. The maximum atomic E-state index is 15.5. The summed E-state index contributed by atoms with van der Waals surface area (Å²) >= 11 is 0. The lowest BCUT2D eigenvalue weighted by Crippen LogP contribution is -2.38. The van der Waals surface area contributed by atoms with E-state index in [4.69, 9.17) is 24.0 Å². The van der Waals surface area contributed by atoms with Crippen LogP contribution in [0.2, 0.25) is 0 Å². The SMILES string of the molecule is COC(C(O)C(F)C(C)COP(=O)(OCc1ccccc1)OCc1ccccc1)n1cnc2c(N)ncnc21. The Balaban J connectivity index is 1.43. The number of benzene rings is 2. The molecule has 0 spiro atoms. The van der Waals surface area contributed by atoms with Gasteiger partial charge in [-0.3, -0.25) is 18.1 Å². The zero-order chi connectivity index (χ0) is 27.8. The van der Waals surface area contributed by atoms with Gasteiger partial charge < -0.3 is 15.6 Å². The molecule has 13 heteroatoms. The summed E-state index contributed by atoms with van der Waals surface area (Å²) < 4.78 is 52.5. The largest absolute Gasteiger partial charge is 0.475 e. The number of nitrogens with two attached hydrogens (primary N) is 1. The number of phosphoric ester groups is 1. The number of nitrogens with zero attached hydrogens (tertiary/aromatic N) is 4. The number of aromatic nitrogens is 4. The molecule has 0 fully saturated rings. The van der Waals surface area contributed by atoms with Crippen molar-refractivity contribution >= 4 is 24.8 Å². The Kier molecular flexibility index (Phi) is 9.73. The maximum Gasteiger partial charge on any atom is 0.475 e. The van der Waals surface area contributed by atoms with Crippen molar-refractivity contribution in [1.29, 1.82) is 0 Å². The van der Waals surface area contributed by atoms with Crippen LogP contribution in [0.3, 0.4) is 0 Å². The van der Waals surface area contributed by atoms with Gasteiger partial charge in [0, 0.05) is 13.0 Å². The first-order chi connectivity index (χ1) is 18.8. The van der Waals surface area contributed by atoms with E-state index in [2.05, 4.69) is 15.0 Å². The molecule has 39 heavy (non-hydrogen) atoms. The van der Waals surface area contributed by atoms with Crippen LogP contribution >= 0.6 is 7.82 Å². The predicted molar refractivity (Wildman–Crippen MR) is 142 cm³/mol. The third kappa shape index (κ3) is 7.24. The van der Waals surface area contributed by atoms with Crippen LogP contribution in [-0.2, 0) is 36.1 Å². The molecule has 0 bridgehead atoms. The lowest BCUT2D eigenvalue weighted by atomic mass is 10.0. The van der Waals surface area contributed by atoms with Crippen molar-refractivity contribution in [3.8, 4) is 0 Å². The Labute approximate surface area is 225 Å². The minimum absolute atomic E-state index is 0.0343. The molecule has 0 saturated heterocycles. The van der Waals surface area contributed by atoms with Gasteiger partial charge in [-0.1, -0.05) is 67.6 Å². The highest BCUT2D eigenvalue weighted by Gasteiger charge is 2.36. The standard InChI is InChI=1S/C26H31FN5O6P/c1-18(21(27)23(33)26(35-2)32-17-31-22-24(28)29-16-30-25(22)32)13-36-39(34,37-14-19-9-5-3-6-10-19)38-15-20-11-7-4-8-12-20/h3-12,16-18,21,23,26,33H,13-15H2,1-2H3,(H2,28,29,30). The summed E-state index contributed by atoms with van der Waals surface area (Å²) in [4.78, 5) is 12.1. The molecule has 208 valence electrons. The van der Waals surface area contributed by atoms with Crippen LogP contribution in [0.15, 0.2) is 73.3 Å². The monoisotopic (exact) mass is 559 g/mol. The summed E-state index contributed by atoms with van der Waals surface area (Å²) in [6.07, 6.45) is -2.12. The molecule has 4 aromatic rings. The van der Waals surface area contributed by atoms with Crippen molar-refractivity contribution in [2.24, 2.45) is 5.92 Å². The molecule has 0 aliphatic heterocycles. The second kappa shape index (κ2) is 13.2. The molecule has 2 aromatic carbocycles. The van der Waals surface area contributed by atoms with Crippen LogP contribution in [0.4, 0.5) is 10.2 Å². The fourth-order valence-corrected chi connectivity index (χ4v) is 5.09. The molecule has 4 unspecified atom stereocenters. The fourth-order valence-electron chi connectivity index (χ4n) is 3.84. The van der Waals surface area contributed by atoms with E-state index >= 15 is 4.39 Å². The van der Waals surface area contributed by atoms with Gasteiger partial charge in [0.25, 0.3) is 0 Å². The number of imidazole rings is 1. The molecule has 4 atom stereocenters. The van der Waals surface area contributed by atoms with E-state index < -0.39 is 32.2 Å². The van der Waals surface area contributed by atoms with Crippen molar-refractivity contribution in [3.63, 3.8) is 0 Å². The van der Waals surface area contributed by atoms with Gasteiger partial charge in [0.2, 0.25) is 0 Å². The van der Waals surface area contributed by atoms with E-state index in [0.717, 1.165) is 11.1 Å². The molecule has 11 nitrogen and oxygen atoms in total. The first-order valence-electron chi connectivity index (χ1n) is 12.2. The summed E-state index contributed by atoms with van der Waals surface area (Å²) in [5.74, 6) is -0.787. The van der Waals surface area contributed by atoms with Gasteiger partial charge >= 0.3 is 7.82 Å². The Morgan fingerprint density at radius 3 is 2.13 bits per heavy atom. The molecule has 0 aliphatic rings. The lowest BCUT2D eigenvalue weighted by molar-refractivity contribution is -0.102. The van der Waals surface area contributed by atoms with Gasteiger partial charge in [-0.2, -0.15) is 0 Å². The van der Waals surface area contributed by atoms with Crippen LogP contribution in [-0.4, -0.2) is 50.6 Å². The maximum absolute atomic E-state index is 15.5. The number of fused-ring (bicyclic) bond motifs is 1. The third-order valence-corrected chi connectivity index (χ3v) is 7.38. The van der Waals surface area contributed by atoms with Crippen molar-refractivity contribution in [3.05, 3.63) is 84.4 Å². The van der Waals surface area contributed by atoms with Gasteiger partial charge in [-0.05, 0) is 11.1 Å². The van der Waals surface area contributed by atoms with E-state index in [-0.39, 0.29) is 31.3 Å². The number of halogens is 1. The molecular weight excluding hydrogens is 528 g/mol. The summed E-state index contributed by atoms with van der Waals surface area (Å²) in [6.45, 7) is 1.07. The number of anilines is 1. The summed E-state index contributed by atoms with van der Waals surface area (Å²) in [5, 5.41) is 10.9. The Bertz CT molecular complexity index is 1330. The average molecular weight is 560 g/mol. The van der Waals surface area contributed by atoms with Crippen LogP contribution in [0.25, 0.3) is 11.2 Å². The zero-order valence-corrected chi connectivity index (χ0v) is 22.4. The molecule has 0 amide bonds. The Hall–Kier alpha value is -3.25. The molecule has 0 aliphatic carbocycles. The second-order valence-electron chi connectivity index (χ2n) is 8.88. The smallest absolute Gasteiger partial charge is 0.385 e. The molecular formula is C26H31FN5O6P. The van der Waals surface area contributed by atoms with E-state index in [0.29, 0.717) is 5.52 Å². The van der Waals surface area contributed by atoms with Crippen molar-refractivity contribution < 1.29 is 32.4 Å². The number of hydrogen-bond acceptors (Lipinski definition) is 10. The minimum atomic E-state index is -4.12. The van der Waals surface area contributed by atoms with E-state index in [1.807, 2.05) is 36.4 Å². The number of rotatable bonds is 14. The van der Waals surface area contributed by atoms with Gasteiger partial charge in [-0.25, -0.2) is 23.9 Å². The van der Waals surface area contributed by atoms with Crippen LogP contribution in [0.5, 0.6) is 0 Å². The molecule has 2 heterocycles. The van der Waals surface area contributed by atoms with Gasteiger partial charge in [0.15, 0.2) is 17.7 Å². The average Bonchev–Trinajstić information content (AvgIpc) is 3.40. The lowest BCUT2D eigenvalue weighted by Gasteiger charge is -2.29. The summed E-state index contributed by atoms with van der Waals surface area (Å²) in [7, 11) is -2.80. The molecule has 4 rings (SSSR count). The number of phosphoric acid groups is 1. The van der Waals surface area contributed by atoms with Gasteiger partial charge in [0.05, 0.1) is 26.1 Å². The highest BCUT2D eigenvalue weighted by atomic mass is 31.2. The molecule has 0 saturated carbocycles.